The van der Waals surface area contributed by atoms with E-state index >= 15 is 0 Å². The van der Waals surface area contributed by atoms with Gasteiger partial charge in [0.25, 0.3) is 0 Å². The van der Waals surface area contributed by atoms with Crippen LogP contribution in [0.1, 0.15) is 59.3 Å². The molecule has 4 aromatic rings. The van der Waals surface area contributed by atoms with Crippen LogP contribution in [0, 0.1) is 0 Å². The first-order valence-corrected chi connectivity index (χ1v) is 14.2. The third-order valence-electron chi connectivity index (χ3n) is 7.05. The zero-order chi connectivity index (χ0) is 27.8. The van der Waals surface area contributed by atoms with Crippen LogP contribution in [0.4, 0.5) is 0 Å². The first-order chi connectivity index (χ1) is 19.1. The average molecular weight is 535 g/mol. The van der Waals surface area contributed by atoms with E-state index in [1.807, 2.05) is 0 Å². The van der Waals surface area contributed by atoms with Crippen molar-refractivity contribution in [3.8, 4) is 34.5 Å². The van der Waals surface area contributed by atoms with E-state index in [9.17, 15) is 0 Å². The minimum atomic E-state index is 0.634. The molecule has 4 aromatic carbocycles. The Morgan fingerprint density at radius 2 is 0.615 bits per heavy atom. The van der Waals surface area contributed by atoms with Gasteiger partial charge in [0.1, 0.15) is 0 Å². The van der Waals surface area contributed by atoms with Gasteiger partial charge in [0, 0.05) is 0 Å². The van der Waals surface area contributed by atoms with Crippen LogP contribution in [0.25, 0.3) is 32.3 Å². The van der Waals surface area contributed by atoms with Crippen molar-refractivity contribution in [1.29, 1.82) is 0 Å². The lowest BCUT2D eigenvalue weighted by Crippen LogP contribution is -2.01. The number of benzene rings is 4. The summed E-state index contributed by atoms with van der Waals surface area (Å²) in [6, 6.07) is 12.5. The number of unbranched alkanes of at least 4 members (excludes halogenated alkanes) is 3. The molecule has 0 radical (unpaired) electrons. The molecule has 0 saturated carbocycles. The molecule has 0 amide bonds. The van der Waals surface area contributed by atoms with Crippen LogP contribution in [0.2, 0.25) is 0 Å². The highest BCUT2D eigenvalue weighted by molar-refractivity contribution is 6.26. The smallest absolute Gasteiger partial charge is 0.161 e. The molecule has 0 atom stereocenters. The molecule has 6 heteroatoms. The quantitative estimate of drug-likeness (QED) is 0.112. The minimum Gasteiger partial charge on any atom is -0.493 e. The van der Waals surface area contributed by atoms with Crippen molar-refractivity contribution in [3.63, 3.8) is 0 Å². The van der Waals surface area contributed by atoms with Gasteiger partial charge in [-0.05, 0) is 88.0 Å². The van der Waals surface area contributed by atoms with Gasteiger partial charge in [-0.25, -0.2) is 0 Å². The Balaban J connectivity index is 2.05. The van der Waals surface area contributed by atoms with Gasteiger partial charge in [0.15, 0.2) is 34.5 Å². The summed E-state index contributed by atoms with van der Waals surface area (Å²) in [5.41, 5.74) is 0. The third kappa shape index (κ3) is 6.05. The third-order valence-corrected chi connectivity index (χ3v) is 7.05. The van der Waals surface area contributed by atoms with Crippen LogP contribution in [-0.4, -0.2) is 41.2 Å². The highest BCUT2D eigenvalue weighted by atomic mass is 16.5. The van der Waals surface area contributed by atoms with E-state index in [2.05, 4.69) is 57.2 Å². The molecule has 0 aliphatic rings. The van der Waals surface area contributed by atoms with Crippen LogP contribution in [0.5, 0.6) is 34.5 Å². The molecule has 0 aliphatic carbocycles. The summed E-state index contributed by atoms with van der Waals surface area (Å²) in [6.45, 7) is 8.37. The van der Waals surface area contributed by atoms with Crippen molar-refractivity contribution >= 4 is 32.3 Å². The fraction of sp³-hybridized carbons (Fsp3) is 0.455. The van der Waals surface area contributed by atoms with Gasteiger partial charge in [-0.15, -0.1) is 0 Å². The normalized spacial score (nSPS) is 11.2. The first-order valence-electron chi connectivity index (χ1n) is 14.2. The molecule has 0 spiro atoms. The van der Waals surface area contributed by atoms with E-state index in [1.54, 1.807) is 21.3 Å². The summed E-state index contributed by atoms with van der Waals surface area (Å²) in [4.78, 5) is 0. The zero-order valence-corrected chi connectivity index (χ0v) is 24.3. The van der Waals surface area contributed by atoms with Crippen molar-refractivity contribution in [2.24, 2.45) is 0 Å². The Kier molecular flexibility index (Phi) is 9.85. The van der Waals surface area contributed by atoms with Gasteiger partial charge >= 0.3 is 0 Å². The van der Waals surface area contributed by atoms with E-state index < -0.39 is 0 Å². The number of hydrogen-bond acceptors (Lipinski definition) is 6. The number of fused-ring (bicyclic) bond motifs is 6. The second-order valence-corrected chi connectivity index (χ2v) is 9.75. The summed E-state index contributed by atoms with van der Waals surface area (Å²) in [5.74, 6) is 4.30. The average Bonchev–Trinajstić information content (AvgIpc) is 2.96. The summed E-state index contributed by atoms with van der Waals surface area (Å²) in [6.07, 6.45) is 6.11. The Morgan fingerprint density at radius 1 is 0.385 bits per heavy atom. The van der Waals surface area contributed by atoms with Crippen LogP contribution in [-0.2, 0) is 0 Å². The maximum absolute atomic E-state index is 6.18. The van der Waals surface area contributed by atoms with Gasteiger partial charge < -0.3 is 28.4 Å². The molecule has 0 unspecified atom stereocenters. The molecule has 0 bridgehead atoms. The maximum atomic E-state index is 6.18. The highest BCUT2D eigenvalue weighted by Gasteiger charge is 2.19. The zero-order valence-electron chi connectivity index (χ0n) is 24.3. The van der Waals surface area contributed by atoms with E-state index in [0.717, 1.165) is 88.1 Å². The fourth-order valence-corrected chi connectivity index (χ4v) is 4.81. The first kappa shape index (κ1) is 28.5. The second kappa shape index (κ2) is 13.5. The summed E-state index contributed by atoms with van der Waals surface area (Å²) in [5, 5.41) is 6.28. The number of rotatable bonds is 15. The standard InChI is InChI=1S/C33H42O6/c1-7-10-13-37-31-19-25-22(16-28(31)34-4)26-20-32(38-14-11-8-2)30(36-6)18-24(26)27-21-33(39-15-12-9-3)29(35-5)17-23(25)27/h16-21H,7-15H2,1-6H3. The lowest BCUT2D eigenvalue weighted by atomic mass is 9.93. The molecule has 210 valence electrons. The van der Waals surface area contributed by atoms with Crippen LogP contribution in [0.15, 0.2) is 36.4 Å². The second-order valence-electron chi connectivity index (χ2n) is 9.75. The Labute approximate surface area is 232 Å². The van der Waals surface area contributed by atoms with Crippen LogP contribution < -0.4 is 28.4 Å². The summed E-state index contributed by atoms with van der Waals surface area (Å²) >= 11 is 0. The highest BCUT2D eigenvalue weighted by Crippen LogP contribution is 2.46. The summed E-state index contributed by atoms with van der Waals surface area (Å²) in [7, 11) is 5.05. The summed E-state index contributed by atoms with van der Waals surface area (Å²) < 4.78 is 35.9. The Bertz CT molecular complexity index is 1210. The molecule has 39 heavy (non-hydrogen) atoms. The van der Waals surface area contributed by atoms with Crippen molar-refractivity contribution in [2.75, 3.05) is 41.2 Å². The van der Waals surface area contributed by atoms with E-state index in [4.69, 9.17) is 28.4 Å². The van der Waals surface area contributed by atoms with Crippen LogP contribution >= 0.6 is 0 Å². The van der Waals surface area contributed by atoms with E-state index in [-0.39, 0.29) is 0 Å². The van der Waals surface area contributed by atoms with Gasteiger partial charge in [-0.2, -0.15) is 0 Å². The van der Waals surface area contributed by atoms with Crippen molar-refractivity contribution < 1.29 is 28.4 Å². The monoisotopic (exact) mass is 534 g/mol. The predicted octanol–water partition coefficient (Wildman–Crippen LogP) is 8.71. The molecule has 0 heterocycles. The fourth-order valence-electron chi connectivity index (χ4n) is 4.81. The van der Waals surface area contributed by atoms with Gasteiger partial charge in [-0.3, -0.25) is 0 Å². The maximum Gasteiger partial charge on any atom is 0.161 e. The molecule has 0 saturated heterocycles. The lowest BCUT2D eigenvalue weighted by Gasteiger charge is -2.19. The van der Waals surface area contributed by atoms with Crippen LogP contribution in [0.3, 0.4) is 0 Å². The number of ether oxygens (including phenoxy) is 6. The van der Waals surface area contributed by atoms with Crippen molar-refractivity contribution in [2.45, 2.75) is 59.3 Å². The largest absolute Gasteiger partial charge is 0.493 e. The number of hydrogen-bond donors (Lipinski definition) is 0. The van der Waals surface area contributed by atoms with E-state index in [0.29, 0.717) is 37.1 Å². The Hall–Kier alpha value is -3.54. The number of methoxy groups -OCH3 is 3. The minimum absolute atomic E-state index is 0.634. The molecule has 0 aliphatic heterocycles. The van der Waals surface area contributed by atoms with Gasteiger partial charge in [-0.1, -0.05) is 40.0 Å². The van der Waals surface area contributed by atoms with Gasteiger partial charge in [0.2, 0.25) is 0 Å². The molecule has 6 nitrogen and oxygen atoms in total. The molecular weight excluding hydrogens is 492 g/mol. The molecule has 0 aromatic heterocycles. The van der Waals surface area contributed by atoms with E-state index in [1.165, 1.54) is 0 Å². The Morgan fingerprint density at radius 3 is 0.821 bits per heavy atom. The van der Waals surface area contributed by atoms with Crippen molar-refractivity contribution in [1.82, 2.24) is 0 Å². The lowest BCUT2D eigenvalue weighted by molar-refractivity contribution is 0.288. The van der Waals surface area contributed by atoms with Gasteiger partial charge in [0.05, 0.1) is 41.2 Å². The molecule has 4 rings (SSSR count). The SMILES string of the molecule is CCCCOc1cc2c(cc1OC)c1cc(OCCCC)c(OC)cc1c1cc(OCCCC)c(OC)cc21. The van der Waals surface area contributed by atoms with Crippen molar-refractivity contribution in [3.05, 3.63) is 36.4 Å². The predicted molar refractivity (Wildman–Crippen MR) is 160 cm³/mol. The molecular formula is C33H42O6. The molecule has 0 N–H and O–H groups in total. The topological polar surface area (TPSA) is 55.4 Å². The molecule has 0 fully saturated rings.